The number of anilines is 1. The van der Waals surface area contributed by atoms with Gasteiger partial charge in [-0.15, -0.1) is 0 Å². The highest BCUT2D eigenvalue weighted by molar-refractivity contribution is 7.98. The van der Waals surface area contributed by atoms with Gasteiger partial charge < -0.3 is 15.5 Å². The minimum absolute atomic E-state index is 0. The summed E-state index contributed by atoms with van der Waals surface area (Å²) in [5.74, 6) is 2.97. The molecule has 1 saturated heterocycles. The normalized spacial score (nSPS) is 17.1. The Morgan fingerprint density at radius 1 is 1.14 bits per heavy atom. The maximum Gasteiger partial charge on any atom is 0.239 e. The van der Waals surface area contributed by atoms with Gasteiger partial charge in [-0.2, -0.15) is 11.8 Å². The summed E-state index contributed by atoms with van der Waals surface area (Å²) in [7, 11) is 0. The minimum Gasteiger partial charge on any atom is -0.353 e. The zero-order valence-electron chi connectivity index (χ0n) is 15.0. The molecule has 6 nitrogen and oxygen atoms in total. The van der Waals surface area contributed by atoms with Crippen molar-refractivity contribution in [3.05, 3.63) is 52.4 Å². The Hall–Kier alpha value is -1.83. The number of fused-ring (bicyclic) bond motifs is 1. The lowest BCUT2D eigenvalue weighted by Crippen LogP contribution is -2.54. The van der Waals surface area contributed by atoms with Crippen LogP contribution in [0.15, 0.2) is 30.6 Å². The first kappa shape index (κ1) is 20.9. The summed E-state index contributed by atoms with van der Waals surface area (Å²) in [5.41, 5.74) is 9.60. The highest BCUT2D eigenvalue weighted by Gasteiger charge is 2.28. The monoisotopic (exact) mass is 419 g/mol. The SMILES string of the molecule is C.N[C@H](Cc1ccc(Cl)cc1)C(=O)N1CCN(c2ncnc3c2CSC3)CC1. The molecule has 3 heterocycles. The third kappa shape index (κ3) is 4.42. The van der Waals surface area contributed by atoms with E-state index in [9.17, 15) is 4.79 Å². The Bertz CT molecular complexity index is 824. The van der Waals surface area contributed by atoms with E-state index >= 15 is 0 Å². The molecule has 0 spiro atoms. The van der Waals surface area contributed by atoms with Gasteiger partial charge in [0.15, 0.2) is 0 Å². The molecule has 2 N–H and O–H groups in total. The third-order valence-electron chi connectivity index (χ3n) is 5.07. The second-order valence-corrected chi connectivity index (χ2v) is 8.29. The summed E-state index contributed by atoms with van der Waals surface area (Å²) >= 11 is 7.78. The Balaban J connectivity index is 0.00000225. The molecule has 0 unspecified atom stereocenters. The van der Waals surface area contributed by atoms with Crippen LogP contribution in [0.4, 0.5) is 5.82 Å². The van der Waals surface area contributed by atoms with Crippen LogP contribution in [-0.2, 0) is 22.7 Å². The van der Waals surface area contributed by atoms with Crippen LogP contribution in [0.5, 0.6) is 0 Å². The van der Waals surface area contributed by atoms with Crippen LogP contribution in [0.2, 0.25) is 5.02 Å². The number of rotatable bonds is 4. The molecule has 1 fully saturated rings. The van der Waals surface area contributed by atoms with Crippen molar-refractivity contribution in [2.75, 3.05) is 31.1 Å². The second-order valence-electron chi connectivity index (χ2n) is 6.86. The third-order valence-corrected chi connectivity index (χ3v) is 6.30. The molecule has 1 aromatic heterocycles. The minimum atomic E-state index is -0.530. The molecule has 1 atom stereocenters. The molecule has 4 rings (SSSR count). The number of nitrogens with zero attached hydrogens (tertiary/aromatic N) is 4. The van der Waals surface area contributed by atoms with Crippen molar-refractivity contribution in [2.45, 2.75) is 31.4 Å². The molecule has 2 aliphatic rings. The van der Waals surface area contributed by atoms with Crippen molar-refractivity contribution in [3.8, 4) is 0 Å². The number of carbonyl (C=O) groups excluding carboxylic acids is 1. The number of hydrogen-bond acceptors (Lipinski definition) is 6. The number of carbonyl (C=O) groups is 1. The van der Waals surface area contributed by atoms with E-state index in [0.717, 1.165) is 41.7 Å². The van der Waals surface area contributed by atoms with E-state index in [-0.39, 0.29) is 13.3 Å². The van der Waals surface area contributed by atoms with Crippen molar-refractivity contribution in [2.24, 2.45) is 5.73 Å². The zero-order chi connectivity index (χ0) is 18.8. The summed E-state index contributed by atoms with van der Waals surface area (Å²) in [4.78, 5) is 25.7. The van der Waals surface area contributed by atoms with Crippen LogP contribution in [0, 0.1) is 0 Å². The molecule has 2 aromatic rings. The van der Waals surface area contributed by atoms with E-state index in [0.29, 0.717) is 24.5 Å². The summed E-state index contributed by atoms with van der Waals surface area (Å²) in [6.45, 7) is 2.87. The lowest BCUT2D eigenvalue weighted by Gasteiger charge is -2.37. The Kier molecular flexibility index (Phi) is 6.80. The van der Waals surface area contributed by atoms with Crippen molar-refractivity contribution in [1.29, 1.82) is 0 Å². The number of benzene rings is 1. The molecular formula is C20H26ClN5OS. The lowest BCUT2D eigenvalue weighted by atomic mass is 10.1. The molecule has 2 aliphatic heterocycles. The maximum absolute atomic E-state index is 12.7. The van der Waals surface area contributed by atoms with Gasteiger partial charge in [0.2, 0.25) is 5.91 Å². The first-order valence-electron chi connectivity index (χ1n) is 9.06. The Labute approximate surface area is 175 Å². The van der Waals surface area contributed by atoms with Crippen molar-refractivity contribution < 1.29 is 4.79 Å². The quantitative estimate of drug-likeness (QED) is 0.821. The van der Waals surface area contributed by atoms with Gasteiger partial charge in [0.25, 0.3) is 0 Å². The van der Waals surface area contributed by atoms with Crippen LogP contribution in [0.1, 0.15) is 24.2 Å². The van der Waals surface area contributed by atoms with Crippen molar-refractivity contribution in [1.82, 2.24) is 14.9 Å². The molecule has 0 radical (unpaired) electrons. The fourth-order valence-electron chi connectivity index (χ4n) is 3.57. The summed E-state index contributed by atoms with van der Waals surface area (Å²) < 4.78 is 0. The number of piperazine rings is 1. The highest BCUT2D eigenvalue weighted by atomic mass is 35.5. The van der Waals surface area contributed by atoms with Crippen LogP contribution in [0.25, 0.3) is 0 Å². The average Bonchev–Trinajstić information content (AvgIpc) is 3.18. The number of halogens is 1. The predicted octanol–water partition coefficient (Wildman–Crippen LogP) is 2.73. The summed E-state index contributed by atoms with van der Waals surface area (Å²) in [6.07, 6.45) is 2.17. The van der Waals surface area contributed by atoms with E-state index < -0.39 is 6.04 Å². The first-order chi connectivity index (χ1) is 13.1. The maximum atomic E-state index is 12.7. The number of aromatic nitrogens is 2. The van der Waals surface area contributed by atoms with Gasteiger partial charge in [0.05, 0.1) is 11.7 Å². The topological polar surface area (TPSA) is 75.4 Å². The smallest absolute Gasteiger partial charge is 0.239 e. The van der Waals surface area contributed by atoms with Gasteiger partial charge in [0, 0.05) is 48.3 Å². The van der Waals surface area contributed by atoms with Gasteiger partial charge in [-0.05, 0) is 24.1 Å². The number of hydrogen-bond donors (Lipinski definition) is 1. The van der Waals surface area contributed by atoms with E-state index in [4.69, 9.17) is 17.3 Å². The van der Waals surface area contributed by atoms with E-state index in [1.165, 1.54) is 5.56 Å². The van der Waals surface area contributed by atoms with E-state index in [1.54, 1.807) is 6.33 Å². The first-order valence-corrected chi connectivity index (χ1v) is 10.6. The second kappa shape index (κ2) is 9.11. The van der Waals surface area contributed by atoms with Gasteiger partial charge in [-0.1, -0.05) is 31.2 Å². The van der Waals surface area contributed by atoms with E-state index in [2.05, 4.69) is 14.9 Å². The molecule has 28 heavy (non-hydrogen) atoms. The number of nitrogens with two attached hydrogens (primary N) is 1. The molecule has 150 valence electrons. The molecule has 0 bridgehead atoms. The fourth-order valence-corrected chi connectivity index (χ4v) is 4.74. The van der Waals surface area contributed by atoms with Crippen molar-refractivity contribution in [3.63, 3.8) is 0 Å². The summed E-state index contributed by atoms with van der Waals surface area (Å²) in [5, 5.41) is 0.685. The predicted molar refractivity (Wildman–Crippen MR) is 116 cm³/mol. The van der Waals surface area contributed by atoms with Crippen LogP contribution >= 0.6 is 23.4 Å². The molecule has 1 amide bonds. The average molecular weight is 420 g/mol. The largest absolute Gasteiger partial charge is 0.353 e. The summed E-state index contributed by atoms with van der Waals surface area (Å²) in [6, 6.07) is 6.95. The van der Waals surface area contributed by atoms with Crippen LogP contribution in [-0.4, -0.2) is 53.0 Å². The van der Waals surface area contributed by atoms with Gasteiger partial charge >= 0.3 is 0 Å². The van der Waals surface area contributed by atoms with E-state index in [1.807, 2.05) is 40.9 Å². The van der Waals surface area contributed by atoms with Gasteiger partial charge in [0.1, 0.15) is 12.1 Å². The standard InChI is InChI=1S/C19H22ClN5OS.CH4/c20-14-3-1-13(2-4-14)9-16(21)19(26)25-7-5-24(6-8-25)18-15-10-27-11-17(15)22-12-23-18;/h1-4,12,16H,5-11,21H2;1H4/t16-;/m1./s1. The Morgan fingerprint density at radius 2 is 1.86 bits per heavy atom. The lowest BCUT2D eigenvalue weighted by molar-refractivity contribution is -0.132. The zero-order valence-corrected chi connectivity index (χ0v) is 16.5. The van der Waals surface area contributed by atoms with Gasteiger partial charge in [-0.3, -0.25) is 4.79 Å². The van der Waals surface area contributed by atoms with Crippen molar-refractivity contribution >= 4 is 35.1 Å². The Morgan fingerprint density at radius 3 is 2.57 bits per heavy atom. The van der Waals surface area contributed by atoms with Gasteiger partial charge in [-0.25, -0.2) is 9.97 Å². The number of thioether (sulfide) groups is 1. The molecule has 8 heteroatoms. The van der Waals surface area contributed by atoms with Crippen LogP contribution < -0.4 is 10.6 Å². The van der Waals surface area contributed by atoms with Crippen LogP contribution in [0.3, 0.4) is 0 Å². The molecule has 0 aliphatic carbocycles. The fraction of sp³-hybridized carbons (Fsp3) is 0.450. The highest BCUT2D eigenvalue weighted by Crippen LogP contribution is 2.34. The number of amides is 1. The molecule has 1 aromatic carbocycles. The molecule has 0 saturated carbocycles. The molecular weight excluding hydrogens is 394 g/mol.